The van der Waals surface area contributed by atoms with Crippen LogP contribution in [-0.2, 0) is 37.1 Å². The average molecular weight is 320 g/mol. The van der Waals surface area contributed by atoms with Gasteiger partial charge in [0.1, 0.15) is 0 Å². The fraction of sp³-hybridized carbons (Fsp3) is 0. The van der Waals surface area contributed by atoms with E-state index in [0.29, 0.717) is 0 Å². The molecule has 0 aromatic heterocycles. The van der Waals surface area contributed by atoms with Crippen LogP contribution in [0.5, 0.6) is 0 Å². The van der Waals surface area contributed by atoms with Crippen molar-refractivity contribution in [3.8, 4) is 0 Å². The topological polar surface area (TPSA) is 129 Å². The molecular formula is H6CrGaMoO6. The van der Waals surface area contributed by atoms with Crippen molar-refractivity contribution in [2.24, 2.45) is 0 Å². The summed E-state index contributed by atoms with van der Waals surface area (Å²) < 4.78 is 38.3. The standard InChI is InChI=1S/Cr.Ga.Mo.5H2O.O/h;;;5*1H2;/q;;+4;;;;;;/p-4. The first-order chi connectivity index (χ1) is 2.24. The van der Waals surface area contributed by atoms with E-state index >= 15 is 0 Å². The van der Waals surface area contributed by atoms with E-state index in [9.17, 15) is 0 Å². The summed E-state index contributed by atoms with van der Waals surface area (Å²) in [6.07, 6.45) is 0. The summed E-state index contributed by atoms with van der Waals surface area (Å²) in [7, 11) is 0. The summed E-state index contributed by atoms with van der Waals surface area (Å²) in [6.45, 7) is 0. The van der Waals surface area contributed by atoms with Gasteiger partial charge in [0.05, 0.1) is 0 Å². The molecule has 0 saturated carbocycles. The summed E-state index contributed by atoms with van der Waals surface area (Å²) in [5.41, 5.74) is 0. The van der Waals surface area contributed by atoms with E-state index in [-0.39, 0.29) is 42.6 Å². The van der Waals surface area contributed by atoms with Crippen molar-refractivity contribution in [2.45, 2.75) is 0 Å². The predicted molar refractivity (Wildman–Crippen MR) is 18.9 cm³/mol. The van der Waals surface area contributed by atoms with Gasteiger partial charge in [-0.3, -0.25) is 0 Å². The number of hydrogen-bond acceptors (Lipinski definition) is 1. The Morgan fingerprint density at radius 1 is 1.00 bits per heavy atom. The molecule has 0 aromatic rings. The molecule has 6 N–H and O–H groups in total. The zero-order valence-corrected chi connectivity index (χ0v) is 9.80. The fourth-order valence-electron chi connectivity index (χ4n) is 0. The normalized spacial score (nSPS) is 12.7. The molecule has 0 aliphatic rings. The SMILES string of the molecule is O.[Cr].[Ga].[O]=[Mo]([OH])([OH])([OH])[OH]. The molecule has 0 fully saturated rings. The second-order valence-electron chi connectivity index (χ2n) is 0.788. The molecule has 0 amide bonds. The molecule has 9 heteroatoms. The number of rotatable bonds is 0. The second-order valence-corrected chi connectivity index (χ2v) is 4.66. The molecule has 3 radical (unpaired) electrons. The Balaban J connectivity index is -0.0000000417. The third-order valence-electron chi connectivity index (χ3n) is 0. The van der Waals surface area contributed by atoms with Crippen LogP contribution in [0.1, 0.15) is 0 Å². The first-order valence-corrected chi connectivity index (χ1v) is 5.31. The monoisotopic (exact) mass is 321 g/mol. The Bertz CT molecular complexity index is 90.7. The molecule has 0 aliphatic carbocycles. The van der Waals surface area contributed by atoms with Gasteiger partial charge in [0.2, 0.25) is 0 Å². The van der Waals surface area contributed by atoms with Crippen LogP contribution in [0.3, 0.4) is 0 Å². The van der Waals surface area contributed by atoms with Crippen LogP contribution in [0.2, 0.25) is 0 Å². The Morgan fingerprint density at radius 2 is 1.00 bits per heavy atom. The summed E-state index contributed by atoms with van der Waals surface area (Å²) in [5, 5.41) is 0. The first-order valence-electron chi connectivity index (χ1n) is 0.897. The molecule has 0 aromatic carbocycles. The zero-order chi connectivity index (χ0) is 5.45. The van der Waals surface area contributed by atoms with E-state index < -0.39 is 16.3 Å². The second kappa shape index (κ2) is 5.15. The van der Waals surface area contributed by atoms with Crippen LogP contribution in [0.4, 0.5) is 0 Å². The van der Waals surface area contributed by atoms with E-state index in [1.807, 2.05) is 0 Å². The van der Waals surface area contributed by atoms with Crippen molar-refractivity contribution in [1.82, 2.24) is 0 Å². The third kappa shape index (κ3) is 248. The Morgan fingerprint density at radius 3 is 1.00 bits per heavy atom. The van der Waals surface area contributed by atoms with Gasteiger partial charge in [0, 0.05) is 37.2 Å². The minimum atomic E-state index is -6.87. The summed E-state index contributed by atoms with van der Waals surface area (Å²) in [4.78, 5) is 0. The Kier molecular flexibility index (Phi) is 12.8. The van der Waals surface area contributed by atoms with Gasteiger partial charge >= 0.3 is 34.7 Å². The van der Waals surface area contributed by atoms with E-state index in [4.69, 9.17) is 18.4 Å². The van der Waals surface area contributed by atoms with Crippen molar-refractivity contribution in [1.29, 1.82) is 0 Å². The summed E-state index contributed by atoms with van der Waals surface area (Å²) in [6, 6.07) is 0. The van der Waals surface area contributed by atoms with E-state index in [2.05, 4.69) is 0 Å². The van der Waals surface area contributed by atoms with Crippen LogP contribution in [0.25, 0.3) is 0 Å². The molecule has 0 saturated heterocycles. The van der Waals surface area contributed by atoms with Gasteiger partial charge in [-0.15, -0.1) is 0 Å². The van der Waals surface area contributed by atoms with Crippen molar-refractivity contribution in [3.05, 3.63) is 0 Å². The Labute approximate surface area is 77.0 Å². The van der Waals surface area contributed by atoms with Gasteiger partial charge in [-0.05, 0) is 0 Å². The molecule has 0 heterocycles. The van der Waals surface area contributed by atoms with Gasteiger partial charge in [0.15, 0.2) is 0 Å². The Hall–Kier alpha value is 1.46. The summed E-state index contributed by atoms with van der Waals surface area (Å²) >= 11 is -6.87. The van der Waals surface area contributed by atoms with E-state index in [1.54, 1.807) is 0 Å². The maximum absolute atomic E-state index is 9.10. The van der Waals surface area contributed by atoms with Crippen LogP contribution in [-0.4, -0.2) is 40.3 Å². The molecule has 0 aliphatic heterocycles. The van der Waals surface area contributed by atoms with Crippen LogP contribution < -0.4 is 0 Å². The van der Waals surface area contributed by atoms with Crippen molar-refractivity contribution >= 4 is 19.8 Å². The average Bonchev–Trinajstić information content (AvgIpc) is 0.650. The third-order valence-corrected chi connectivity index (χ3v) is 0. The quantitative estimate of drug-likeness (QED) is 0.343. The van der Waals surface area contributed by atoms with Crippen molar-refractivity contribution in [2.75, 3.05) is 0 Å². The molecular weight excluding hydrogens is 314 g/mol. The van der Waals surface area contributed by atoms with E-state index in [1.165, 1.54) is 0 Å². The molecule has 0 rings (SSSR count). The predicted octanol–water partition coefficient (Wildman–Crippen LogP) is -3.56. The molecule has 9 heavy (non-hydrogen) atoms. The molecule has 0 bridgehead atoms. The van der Waals surface area contributed by atoms with Gasteiger partial charge in [0.25, 0.3) is 0 Å². The van der Waals surface area contributed by atoms with Gasteiger partial charge < -0.3 is 5.48 Å². The van der Waals surface area contributed by atoms with Crippen molar-refractivity contribution < 1.29 is 57.6 Å². The van der Waals surface area contributed by atoms with Crippen LogP contribution >= 0.6 is 0 Å². The van der Waals surface area contributed by atoms with Crippen molar-refractivity contribution in [3.63, 3.8) is 0 Å². The molecule has 6 nitrogen and oxygen atoms in total. The summed E-state index contributed by atoms with van der Waals surface area (Å²) in [5.74, 6) is 0. The van der Waals surface area contributed by atoms with Crippen LogP contribution in [0.15, 0.2) is 0 Å². The molecule has 0 atom stereocenters. The zero-order valence-electron chi connectivity index (χ0n) is 4.09. The maximum atomic E-state index is 9.10. The fourth-order valence-corrected chi connectivity index (χ4v) is 0. The molecule has 0 spiro atoms. The van der Waals surface area contributed by atoms with E-state index in [0.717, 1.165) is 0 Å². The molecule has 57 valence electrons. The van der Waals surface area contributed by atoms with Gasteiger partial charge in [-0.1, -0.05) is 0 Å². The van der Waals surface area contributed by atoms with Gasteiger partial charge in [-0.25, -0.2) is 0 Å². The van der Waals surface area contributed by atoms with Gasteiger partial charge in [-0.2, -0.15) is 0 Å². The van der Waals surface area contributed by atoms with Crippen LogP contribution in [0, 0.1) is 0 Å². The number of hydrogen-bond donors (Lipinski definition) is 4. The minimum absolute atomic E-state index is 0. The molecule has 0 unspecified atom stereocenters. The first kappa shape index (κ1) is 22.4.